The third-order valence-corrected chi connectivity index (χ3v) is 3.85. The predicted molar refractivity (Wildman–Crippen MR) is 83.3 cm³/mol. The molecule has 0 aromatic heterocycles. The standard InChI is InChI=1S/C14H19BrN2O.ClH/c1-10(16)9-14(18)17-8-2-3-13(17)11-4-6-12(15)7-5-11;/h4-7,10,13H,2-3,8-9,16H2,1H3;1H. The molecule has 1 heterocycles. The van der Waals surface area contributed by atoms with E-state index in [0.717, 1.165) is 23.9 Å². The Morgan fingerprint density at radius 1 is 1.47 bits per heavy atom. The van der Waals surface area contributed by atoms with E-state index in [2.05, 4.69) is 28.1 Å². The van der Waals surface area contributed by atoms with Gasteiger partial charge in [0.1, 0.15) is 0 Å². The number of rotatable bonds is 3. The maximum Gasteiger partial charge on any atom is 0.224 e. The molecule has 2 rings (SSSR count). The second-order valence-electron chi connectivity index (χ2n) is 4.98. The summed E-state index contributed by atoms with van der Waals surface area (Å²) >= 11 is 3.43. The molecule has 1 amide bonds. The van der Waals surface area contributed by atoms with Crippen molar-refractivity contribution in [2.45, 2.75) is 38.3 Å². The first-order valence-electron chi connectivity index (χ1n) is 6.38. The smallest absolute Gasteiger partial charge is 0.224 e. The number of nitrogens with two attached hydrogens (primary N) is 1. The molecule has 1 aromatic carbocycles. The topological polar surface area (TPSA) is 46.3 Å². The van der Waals surface area contributed by atoms with Crippen LogP contribution in [-0.4, -0.2) is 23.4 Å². The van der Waals surface area contributed by atoms with Crippen LogP contribution >= 0.6 is 28.3 Å². The van der Waals surface area contributed by atoms with Crippen molar-refractivity contribution in [2.75, 3.05) is 6.54 Å². The summed E-state index contributed by atoms with van der Waals surface area (Å²) in [7, 11) is 0. The lowest BCUT2D eigenvalue weighted by Crippen LogP contribution is -2.34. The Labute approximate surface area is 129 Å². The molecule has 2 atom stereocenters. The first-order valence-corrected chi connectivity index (χ1v) is 7.17. The van der Waals surface area contributed by atoms with Crippen LogP contribution in [0.3, 0.4) is 0 Å². The molecular formula is C14H20BrClN2O. The molecule has 1 saturated heterocycles. The van der Waals surface area contributed by atoms with E-state index in [-0.39, 0.29) is 30.4 Å². The summed E-state index contributed by atoms with van der Waals surface area (Å²) in [5.41, 5.74) is 6.93. The van der Waals surface area contributed by atoms with Gasteiger partial charge in [0.05, 0.1) is 6.04 Å². The van der Waals surface area contributed by atoms with Gasteiger partial charge in [-0.05, 0) is 37.5 Å². The highest BCUT2D eigenvalue weighted by Crippen LogP contribution is 2.32. The third kappa shape index (κ3) is 4.20. The average Bonchev–Trinajstić information content (AvgIpc) is 2.78. The number of nitrogens with zero attached hydrogens (tertiary/aromatic N) is 1. The Kier molecular flexibility index (Phi) is 6.30. The summed E-state index contributed by atoms with van der Waals surface area (Å²) in [6.07, 6.45) is 2.56. The van der Waals surface area contributed by atoms with Gasteiger partial charge in [-0.1, -0.05) is 28.1 Å². The summed E-state index contributed by atoms with van der Waals surface area (Å²) in [4.78, 5) is 14.1. The van der Waals surface area contributed by atoms with Gasteiger partial charge in [0, 0.05) is 23.5 Å². The molecule has 0 radical (unpaired) electrons. The van der Waals surface area contributed by atoms with E-state index in [9.17, 15) is 4.79 Å². The maximum atomic E-state index is 12.1. The number of amides is 1. The number of benzene rings is 1. The molecule has 0 aliphatic carbocycles. The lowest BCUT2D eigenvalue weighted by atomic mass is 10.0. The molecule has 1 aromatic rings. The summed E-state index contributed by atoms with van der Waals surface area (Å²) in [5.74, 6) is 0.176. The summed E-state index contributed by atoms with van der Waals surface area (Å²) < 4.78 is 1.07. The van der Waals surface area contributed by atoms with Gasteiger partial charge in [-0.25, -0.2) is 0 Å². The molecule has 2 N–H and O–H groups in total. The summed E-state index contributed by atoms with van der Waals surface area (Å²) in [5, 5.41) is 0. The number of hydrogen-bond acceptors (Lipinski definition) is 2. The number of carbonyl (C=O) groups excluding carboxylic acids is 1. The molecule has 106 valence electrons. The maximum absolute atomic E-state index is 12.1. The fourth-order valence-electron chi connectivity index (χ4n) is 2.49. The molecule has 19 heavy (non-hydrogen) atoms. The molecule has 0 spiro atoms. The van der Waals surface area contributed by atoms with Gasteiger partial charge >= 0.3 is 0 Å². The molecule has 0 saturated carbocycles. The highest BCUT2D eigenvalue weighted by molar-refractivity contribution is 9.10. The third-order valence-electron chi connectivity index (χ3n) is 3.32. The van der Waals surface area contributed by atoms with Crippen LogP contribution in [0.15, 0.2) is 28.7 Å². The Morgan fingerprint density at radius 3 is 2.68 bits per heavy atom. The molecule has 1 aliphatic heterocycles. The number of hydrogen-bond donors (Lipinski definition) is 1. The van der Waals surface area contributed by atoms with Crippen molar-refractivity contribution >= 4 is 34.2 Å². The zero-order valence-electron chi connectivity index (χ0n) is 11.0. The fourth-order valence-corrected chi connectivity index (χ4v) is 2.75. The Bertz CT molecular complexity index is 422. The molecule has 1 fully saturated rings. The molecule has 0 bridgehead atoms. The van der Waals surface area contributed by atoms with E-state index < -0.39 is 0 Å². The normalized spacial score (nSPS) is 19.9. The lowest BCUT2D eigenvalue weighted by Gasteiger charge is -2.26. The van der Waals surface area contributed by atoms with E-state index >= 15 is 0 Å². The minimum atomic E-state index is -0.0660. The average molecular weight is 348 g/mol. The van der Waals surface area contributed by atoms with Crippen LogP contribution in [0.2, 0.25) is 0 Å². The van der Waals surface area contributed by atoms with Crippen LogP contribution < -0.4 is 5.73 Å². The molecule has 1 aliphatic rings. The second kappa shape index (κ2) is 7.27. The molecule has 3 nitrogen and oxygen atoms in total. The highest BCUT2D eigenvalue weighted by Gasteiger charge is 2.29. The van der Waals surface area contributed by atoms with Crippen LogP contribution in [0.5, 0.6) is 0 Å². The van der Waals surface area contributed by atoms with E-state index in [1.54, 1.807) is 0 Å². The minimum Gasteiger partial charge on any atom is -0.336 e. The molecule has 5 heteroatoms. The summed E-state index contributed by atoms with van der Waals surface area (Å²) in [6.45, 7) is 2.73. The van der Waals surface area contributed by atoms with Crippen molar-refractivity contribution in [3.05, 3.63) is 34.3 Å². The van der Waals surface area contributed by atoms with Crippen molar-refractivity contribution in [2.24, 2.45) is 5.73 Å². The predicted octanol–water partition coefficient (Wildman–Crippen LogP) is 3.27. The van der Waals surface area contributed by atoms with E-state index in [4.69, 9.17) is 5.73 Å². The minimum absolute atomic E-state index is 0. The first kappa shape index (κ1) is 16.5. The van der Waals surface area contributed by atoms with Crippen LogP contribution in [0.25, 0.3) is 0 Å². The van der Waals surface area contributed by atoms with Gasteiger partial charge in [-0.2, -0.15) is 0 Å². The van der Waals surface area contributed by atoms with Crippen molar-refractivity contribution in [3.8, 4) is 0 Å². The Morgan fingerprint density at radius 2 is 2.11 bits per heavy atom. The van der Waals surface area contributed by atoms with Crippen LogP contribution in [0.4, 0.5) is 0 Å². The first-order chi connectivity index (χ1) is 8.58. The quantitative estimate of drug-likeness (QED) is 0.912. The molecule has 2 unspecified atom stereocenters. The van der Waals surface area contributed by atoms with Crippen LogP contribution in [0, 0.1) is 0 Å². The van der Waals surface area contributed by atoms with Gasteiger partial charge in [0.2, 0.25) is 5.91 Å². The lowest BCUT2D eigenvalue weighted by molar-refractivity contribution is -0.132. The monoisotopic (exact) mass is 346 g/mol. The van der Waals surface area contributed by atoms with Gasteiger partial charge in [-0.3, -0.25) is 4.79 Å². The zero-order chi connectivity index (χ0) is 13.1. The van der Waals surface area contributed by atoms with Crippen molar-refractivity contribution in [1.29, 1.82) is 0 Å². The van der Waals surface area contributed by atoms with Gasteiger partial charge in [0.25, 0.3) is 0 Å². The van der Waals surface area contributed by atoms with Gasteiger partial charge in [0.15, 0.2) is 0 Å². The number of carbonyl (C=O) groups is 1. The molecular weight excluding hydrogens is 328 g/mol. The summed E-state index contributed by atoms with van der Waals surface area (Å²) in [6, 6.07) is 8.40. The number of likely N-dealkylation sites (tertiary alicyclic amines) is 1. The van der Waals surface area contributed by atoms with E-state index in [0.29, 0.717) is 6.42 Å². The zero-order valence-corrected chi connectivity index (χ0v) is 13.4. The highest BCUT2D eigenvalue weighted by atomic mass is 79.9. The second-order valence-corrected chi connectivity index (χ2v) is 5.89. The fraction of sp³-hybridized carbons (Fsp3) is 0.500. The van der Waals surface area contributed by atoms with E-state index in [1.807, 2.05) is 24.0 Å². The van der Waals surface area contributed by atoms with Crippen LogP contribution in [0.1, 0.15) is 37.8 Å². The Hall–Kier alpha value is -0.580. The SMILES string of the molecule is CC(N)CC(=O)N1CCCC1c1ccc(Br)cc1.Cl. The van der Waals surface area contributed by atoms with Crippen molar-refractivity contribution in [3.63, 3.8) is 0 Å². The Balaban J connectivity index is 0.00000180. The van der Waals surface area contributed by atoms with Crippen molar-refractivity contribution < 1.29 is 4.79 Å². The largest absolute Gasteiger partial charge is 0.336 e. The number of halogens is 2. The van der Waals surface area contributed by atoms with Gasteiger partial charge in [-0.15, -0.1) is 12.4 Å². The van der Waals surface area contributed by atoms with E-state index in [1.165, 1.54) is 5.56 Å². The van der Waals surface area contributed by atoms with Crippen molar-refractivity contribution in [1.82, 2.24) is 4.90 Å². The van der Waals surface area contributed by atoms with Gasteiger partial charge < -0.3 is 10.6 Å². The van der Waals surface area contributed by atoms with Crippen LogP contribution in [-0.2, 0) is 4.79 Å².